The molecule has 7 saturated heterocycles. The Labute approximate surface area is 258 Å². The van der Waals surface area contributed by atoms with E-state index in [0.29, 0.717) is 0 Å². The third kappa shape index (κ3) is 3.43. The van der Waals surface area contributed by atoms with Gasteiger partial charge in [-0.3, -0.25) is 5.41 Å². The van der Waals surface area contributed by atoms with Gasteiger partial charge in [0.05, 0.1) is 11.8 Å². The molecule has 10 aliphatic rings. The highest BCUT2D eigenvalue weighted by molar-refractivity contribution is 5.80. The lowest BCUT2D eigenvalue weighted by atomic mass is 9.54. The van der Waals surface area contributed by atoms with Crippen LogP contribution in [0.5, 0.6) is 0 Å². The summed E-state index contributed by atoms with van der Waals surface area (Å²) in [5.74, 6) is -8.47. The predicted molar refractivity (Wildman–Crippen MR) is 142 cm³/mol. The molecule has 22 nitrogen and oxygen atoms in total. The van der Waals surface area contributed by atoms with Crippen LogP contribution in [0.2, 0.25) is 0 Å². The Morgan fingerprint density at radius 1 is 0.717 bits per heavy atom. The Balaban J connectivity index is 0.946. The Bertz CT molecular complexity index is 1370. The van der Waals surface area contributed by atoms with Gasteiger partial charge in [0.1, 0.15) is 65.1 Å². The summed E-state index contributed by atoms with van der Waals surface area (Å²) in [6.45, 7) is -0.420. The second-order valence-electron chi connectivity index (χ2n) is 13.5. The SMILES string of the molecule is N=C1NC(O)C2C3OC4(O)OC(C(O)C2(N1)C4O)C3(O)CNCCNCC1(O)C2OC3(O)OC1C1C(O)N=C(N)NC1(C2O)C3O. The Kier molecular flexibility index (Phi) is 6.32. The van der Waals surface area contributed by atoms with E-state index in [9.17, 15) is 51.1 Å². The van der Waals surface area contributed by atoms with Crippen molar-refractivity contribution in [3.05, 3.63) is 0 Å². The summed E-state index contributed by atoms with van der Waals surface area (Å²) in [4.78, 5) is 3.84. The smallest absolute Gasteiger partial charge is 0.311 e. The maximum atomic E-state index is 11.7. The van der Waals surface area contributed by atoms with E-state index in [2.05, 4.69) is 31.6 Å². The summed E-state index contributed by atoms with van der Waals surface area (Å²) < 4.78 is 22.0. The zero-order valence-corrected chi connectivity index (χ0v) is 23.9. The van der Waals surface area contributed by atoms with E-state index in [1.165, 1.54) is 0 Å². The van der Waals surface area contributed by atoms with E-state index in [1.54, 1.807) is 0 Å². The number of ether oxygens (including phenoxy) is 4. The van der Waals surface area contributed by atoms with Crippen molar-refractivity contribution in [2.45, 2.75) is 95.5 Å². The largest absolute Gasteiger partial charge is 0.388 e. The molecule has 0 aromatic rings. The first-order valence-electron chi connectivity index (χ1n) is 14.8. The number of hydrogen-bond donors (Lipinski definition) is 17. The first-order valence-corrected chi connectivity index (χ1v) is 14.8. The molecule has 2 saturated carbocycles. The maximum absolute atomic E-state index is 11.7. The van der Waals surface area contributed by atoms with E-state index < -0.39 is 113 Å². The second-order valence-corrected chi connectivity index (χ2v) is 13.5. The minimum atomic E-state index is -2.63. The summed E-state index contributed by atoms with van der Waals surface area (Å²) in [7, 11) is 0. The maximum Gasteiger partial charge on any atom is 0.311 e. The normalized spacial score (nSPS) is 60.6. The fourth-order valence-electron chi connectivity index (χ4n) is 9.31. The molecule has 10 rings (SSSR count). The molecule has 18 N–H and O–H groups in total. The molecule has 22 heteroatoms. The molecule has 18 atom stereocenters. The molecule has 0 amide bonds. The van der Waals surface area contributed by atoms with Crippen molar-refractivity contribution in [3.8, 4) is 0 Å². The fourth-order valence-corrected chi connectivity index (χ4v) is 9.31. The van der Waals surface area contributed by atoms with Crippen molar-refractivity contribution in [1.29, 1.82) is 5.41 Å². The molecule has 9 fully saturated rings. The summed E-state index contributed by atoms with van der Waals surface area (Å²) in [5.41, 5.74) is -2.06. The number of aliphatic hydroxyl groups is 10. The van der Waals surface area contributed by atoms with Crippen molar-refractivity contribution in [2.24, 2.45) is 22.6 Å². The van der Waals surface area contributed by atoms with Gasteiger partial charge in [-0.25, -0.2) is 4.99 Å². The number of nitrogens with one attached hydrogen (secondary N) is 6. The topological polar surface area (TPSA) is 362 Å². The first kappa shape index (κ1) is 31.2. The van der Waals surface area contributed by atoms with Crippen molar-refractivity contribution in [2.75, 3.05) is 26.2 Å². The molecule has 0 aromatic heterocycles. The van der Waals surface area contributed by atoms with Crippen molar-refractivity contribution >= 4 is 11.9 Å². The van der Waals surface area contributed by atoms with Crippen LogP contribution in [0, 0.1) is 17.2 Å². The van der Waals surface area contributed by atoms with Gasteiger partial charge in [0.2, 0.25) is 0 Å². The molecule has 2 spiro atoms. The molecule has 8 bridgehead atoms. The minimum absolute atomic E-state index is 0.0982. The summed E-state index contributed by atoms with van der Waals surface area (Å²) in [6.07, 6.45) is -16.2. The van der Waals surface area contributed by atoms with E-state index >= 15 is 0 Å². The summed E-state index contributed by atoms with van der Waals surface area (Å²) >= 11 is 0. The highest BCUT2D eigenvalue weighted by atomic mass is 16.9. The van der Waals surface area contributed by atoms with Gasteiger partial charge in [-0.05, 0) is 0 Å². The van der Waals surface area contributed by atoms with Crippen LogP contribution in [0.4, 0.5) is 0 Å². The van der Waals surface area contributed by atoms with Gasteiger partial charge in [-0.15, -0.1) is 0 Å². The number of aliphatic hydroxyl groups excluding tert-OH is 6. The van der Waals surface area contributed by atoms with Crippen LogP contribution in [0.15, 0.2) is 4.99 Å². The van der Waals surface area contributed by atoms with Crippen molar-refractivity contribution in [1.82, 2.24) is 26.6 Å². The predicted octanol–water partition coefficient (Wildman–Crippen LogP) is -10.6. The summed E-state index contributed by atoms with van der Waals surface area (Å²) in [6, 6.07) is 0. The molecule has 0 radical (unpaired) electrons. The standard InChI is InChI=1S/C24H38N8O14/c25-17-29-13(35)5-9-19(39,11-7(33)21(5,31-17)15(37)23(41,43-9)45-11)3-27-1-2-28-4-20(40)10-6-14(36)30-18(26)32-22(6)8(34)12(20)46-24(42,44-10)16(22)38/h5-16,27-28,33-42H,1-4H2,(H3,25,29,31)(H3,26,30,32). The van der Waals surface area contributed by atoms with Gasteiger partial charge in [0.15, 0.2) is 30.4 Å². The Morgan fingerprint density at radius 3 is 1.70 bits per heavy atom. The first-order chi connectivity index (χ1) is 21.5. The number of nitrogens with zero attached hydrogens (tertiary/aromatic N) is 1. The van der Waals surface area contributed by atoms with Crippen LogP contribution in [0.1, 0.15) is 0 Å². The molecule has 8 aliphatic heterocycles. The summed E-state index contributed by atoms with van der Waals surface area (Å²) in [5, 5.41) is 133. The number of nitrogens with two attached hydrogens (primary N) is 1. The van der Waals surface area contributed by atoms with Gasteiger partial charge < -0.3 is 102 Å². The third-order valence-electron chi connectivity index (χ3n) is 11.3. The lowest BCUT2D eigenvalue weighted by molar-refractivity contribution is -0.547. The molecular weight excluding hydrogens is 624 g/mol. The molecule has 0 aromatic carbocycles. The van der Waals surface area contributed by atoms with Crippen LogP contribution < -0.4 is 32.3 Å². The molecule has 46 heavy (non-hydrogen) atoms. The highest BCUT2D eigenvalue weighted by Crippen LogP contribution is 2.60. The minimum Gasteiger partial charge on any atom is -0.388 e. The second kappa shape index (κ2) is 9.32. The van der Waals surface area contributed by atoms with Gasteiger partial charge in [0.25, 0.3) is 0 Å². The van der Waals surface area contributed by atoms with Crippen LogP contribution >= 0.6 is 0 Å². The lowest BCUT2D eigenvalue weighted by Gasteiger charge is -2.72. The molecular formula is C24H38N8O14. The van der Waals surface area contributed by atoms with E-state index in [0.717, 1.165) is 0 Å². The van der Waals surface area contributed by atoms with Crippen molar-refractivity contribution < 1.29 is 70.0 Å². The zero-order chi connectivity index (χ0) is 33.0. The fraction of sp³-hybridized carbons (Fsp3) is 0.917. The molecule has 258 valence electrons. The van der Waals surface area contributed by atoms with E-state index in [-0.39, 0.29) is 32.1 Å². The zero-order valence-electron chi connectivity index (χ0n) is 23.9. The van der Waals surface area contributed by atoms with Crippen molar-refractivity contribution in [3.63, 3.8) is 0 Å². The van der Waals surface area contributed by atoms with Crippen LogP contribution in [-0.2, 0) is 18.9 Å². The monoisotopic (exact) mass is 662 g/mol. The number of hydrogen-bond acceptors (Lipinski definition) is 20. The van der Waals surface area contributed by atoms with Gasteiger partial charge >= 0.3 is 11.9 Å². The molecule has 8 heterocycles. The highest BCUT2D eigenvalue weighted by Gasteiger charge is 2.84. The average molecular weight is 663 g/mol. The van der Waals surface area contributed by atoms with E-state index in [4.69, 9.17) is 30.1 Å². The quantitative estimate of drug-likeness (QED) is 0.112. The van der Waals surface area contributed by atoms with Crippen LogP contribution in [0.25, 0.3) is 0 Å². The van der Waals surface area contributed by atoms with Gasteiger partial charge in [-0.2, -0.15) is 0 Å². The third-order valence-corrected chi connectivity index (χ3v) is 11.3. The van der Waals surface area contributed by atoms with Gasteiger partial charge in [0, 0.05) is 26.2 Å². The van der Waals surface area contributed by atoms with Crippen LogP contribution in [0.3, 0.4) is 0 Å². The number of aliphatic imine (C=N–C) groups is 1. The average Bonchev–Trinajstić information content (AvgIpc) is 2.97. The number of guanidine groups is 2. The lowest BCUT2D eigenvalue weighted by Crippen LogP contribution is -2.97. The Morgan fingerprint density at radius 2 is 1.17 bits per heavy atom. The van der Waals surface area contributed by atoms with Crippen LogP contribution in [-0.4, -0.2) is 185 Å². The number of rotatable bonds is 7. The molecule has 18 unspecified atom stereocenters. The van der Waals surface area contributed by atoms with E-state index in [1.807, 2.05) is 0 Å². The Hall–Kier alpha value is -2.10. The molecule has 2 aliphatic carbocycles. The van der Waals surface area contributed by atoms with Gasteiger partial charge in [-0.1, -0.05) is 0 Å².